The van der Waals surface area contributed by atoms with Gasteiger partial charge in [0.1, 0.15) is 5.75 Å². The molecule has 8 heteroatoms. The molecule has 1 fully saturated rings. The number of nitrogens with zero attached hydrogens (tertiary/aromatic N) is 2. The van der Waals surface area contributed by atoms with Crippen LogP contribution in [0.5, 0.6) is 5.75 Å². The van der Waals surface area contributed by atoms with Crippen LogP contribution in [-0.4, -0.2) is 56.9 Å². The smallest absolute Gasteiger partial charge is 0.322 e. The number of methoxy groups -OCH3 is 1. The molecule has 2 aromatic carbocycles. The number of carbonyl (C=O) groups is 1. The number of sulfonamides is 1. The summed E-state index contributed by atoms with van der Waals surface area (Å²) in [5.41, 5.74) is 1.60. The summed E-state index contributed by atoms with van der Waals surface area (Å²) in [4.78, 5) is 14.4. The molecule has 3 rings (SSSR count). The van der Waals surface area contributed by atoms with Crippen molar-refractivity contribution in [3.8, 4) is 5.75 Å². The Hall–Kier alpha value is -2.58. The normalized spacial score (nSPS) is 15.4. The van der Waals surface area contributed by atoms with Gasteiger partial charge in [0.2, 0.25) is 10.0 Å². The monoisotopic (exact) mass is 389 g/mol. The van der Waals surface area contributed by atoms with E-state index in [4.69, 9.17) is 4.74 Å². The molecule has 0 radical (unpaired) electrons. The third-order valence-electron chi connectivity index (χ3n) is 4.50. The number of piperazine rings is 1. The average Bonchev–Trinajstić information content (AvgIpc) is 2.69. The van der Waals surface area contributed by atoms with Crippen molar-refractivity contribution < 1.29 is 17.9 Å². The molecule has 144 valence electrons. The summed E-state index contributed by atoms with van der Waals surface area (Å²) in [7, 11) is -1.98. The fourth-order valence-corrected chi connectivity index (χ4v) is 4.43. The van der Waals surface area contributed by atoms with Crippen LogP contribution in [0.1, 0.15) is 5.56 Å². The van der Waals surface area contributed by atoms with Crippen molar-refractivity contribution in [1.29, 1.82) is 0 Å². The second-order valence-corrected chi connectivity index (χ2v) is 8.28. The number of amides is 2. The Bertz CT molecular complexity index is 908. The molecule has 1 aliphatic heterocycles. The van der Waals surface area contributed by atoms with Gasteiger partial charge in [-0.3, -0.25) is 0 Å². The van der Waals surface area contributed by atoms with Crippen molar-refractivity contribution in [2.45, 2.75) is 11.8 Å². The second kappa shape index (κ2) is 7.98. The van der Waals surface area contributed by atoms with Gasteiger partial charge in [-0.15, -0.1) is 0 Å². The van der Waals surface area contributed by atoms with Crippen LogP contribution in [0, 0.1) is 6.92 Å². The Kier molecular flexibility index (Phi) is 5.67. The number of hydrogen-bond donors (Lipinski definition) is 1. The molecule has 7 nitrogen and oxygen atoms in total. The summed E-state index contributed by atoms with van der Waals surface area (Å²) in [6.45, 7) is 3.10. The van der Waals surface area contributed by atoms with Crippen molar-refractivity contribution in [1.82, 2.24) is 9.21 Å². The summed E-state index contributed by atoms with van der Waals surface area (Å²) in [6, 6.07) is 13.6. The van der Waals surface area contributed by atoms with Crippen LogP contribution in [0.3, 0.4) is 0 Å². The van der Waals surface area contributed by atoms with Crippen LogP contribution in [0.2, 0.25) is 0 Å². The zero-order chi connectivity index (χ0) is 19.4. The highest BCUT2D eigenvalue weighted by atomic mass is 32.2. The Morgan fingerprint density at radius 1 is 1.04 bits per heavy atom. The van der Waals surface area contributed by atoms with Gasteiger partial charge in [0.15, 0.2) is 0 Å². The average molecular weight is 389 g/mol. The van der Waals surface area contributed by atoms with E-state index in [0.29, 0.717) is 24.5 Å². The third-order valence-corrected chi connectivity index (χ3v) is 6.42. The molecule has 0 aliphatic carbocycles. The number of urea groups is 1. The SMILES string of the molecule is COc1ccc(C)cc1NC(=O)N1CCN(S(=O)(=O)c2ccccc2)CC1. The Morgan fingerprint density at radius 2 is 1.70 bits per heavy atom. The van der Waals surface area contributed by atoms with E-state index in [1.165, 1.54) is 4.31 Å². The quantitative estimate of drug-likeness (QED) is 0.872. The molecular weight excluding hydrogens is 366 g/mol. The third kappa shape index (κ3) is 4.23. The number of nitrogens with one attached hydrogen (secondary N) is 1. The summed E-state index contributed by atoms with van der Waals surface area (Å²) in [5, 5.41) is 2.85. The van der Waals surface area contributed by atoms with Crippen molar-refractivity contribution >= 4 is 21.7 Å². The minimum Gasteiger partial charge on any atom is -0.495 e. The molecule has 2 aromatic rings. The molecule has 0 spiro atoms. The summed E-state index contributed by atoms with van der Waals surface area (Å²) in [6.07, 6.45) is 0. The molecule has 2 amide bonds. The number of anilines is 1. The van der Waals surface area contributed by atoms with Gasteiger partial charge in [-0.25, -0.2) is 13.2 Å². The van der Waals surface area contributed by atoms with Gasteiger partial charge >= 0.3 is 6.03 Å². The Balaban J connectivity index is 1.64. The van der Waals surface area contributed by atoms with Crippen LogP contribution in [0.4, 0.5) is 10.5 Å². The molecule has 0 aromatic heterocycles. The molecule has 1 N–H and O–H groups in total. The van der Waals surface area contributed by atoms with Gasteiger partial charge in [0.25, 0.3) is 0 Å². The van der Waals surface area contributed by atoms with E-state index in [0.717, 1.165) is 5.56 Å². The zero-order valence-corrected chi connectivity index (χ0v) is 16.2. The lowest BCUT2D eigenvalue weighted by molar-refractivity contribution is 0.184. The largest absolute Gasteiger partial charge is 0.495 e. The maximum atomic E-state index is 12.7. The first-order valence-electron chi connectivity index (χ1n) is 8.67. The van der Waals surface area contributed by atoms with E-state index >= 15 is 0 Å². The summed E-state index contributed by atoms with van der Waals surface area (Å²) < 4.78 is 32.0. The molecule has 1 aliphatic rings. The summed E-state index contributed by atoms with van der Waals surface area (Å²) >= 11 is 0. The van der Waals surface area contributed by atoms with Crippen molar-refractivity contribution in [2.24, 2.45) is 0 Å². The van der Waals surface area contributed by atoms with Gasteiger partial charge in [0.05, 0.1) is 17.7 Å². The maximum absolute atomic E-state index is 12.7. The molecular formula is C19H23N3O4S. The van der Waals surface area contributed by atoms with E-state index in [1.807, 2.05) is 19.1 Å². The van der Waals surface area contributed by atoms with E-state index in [2.05, 4.69) is 5.32 Å². The van der Waals surface area contributed by atoms with E-state index in [-0.39, 0.29) is 24.0 Å². The van der Waals surface area contributed by atoms with E-state index in [9.17, 15) is 13.2 Å². The van der Waals surface area contributed by atoms with Crippen LogP contribution in [-0.2, 0) is 10.0 Å². The van der Waals surface area contributed by atoms with E-state index < -0.39 is 10.0 Å². The molecule has 1 heterocycles. The molecule has 0 atom stereocenters. The first kappa shape index (κ1) is 19.2. The Morgan fingerprint density at radius 3 is 2.33 bits per heavy atom. The van der Waals surface area contributed by atoms with Crippen LogP contribution in [0.15, 0.2) is 53.4 Å². The van der Waals surface area contributed by atoms with Gasteiger partial charge in [-0.2, -0.15) is 4.31 Å². The topological polar surface area (TPSA) is 79.0 Å². The lowest BCUT2D eigenvalue weighted by Crippen LogP contribution is -2.51. The van der Waals surface area contributed by atoms with Crippen LogP contribution < -0.4 is 10.1 Å². The van der Waals surface area contributed by atoms with Gasteiger partial charge in [0, 0.05) is 26.2 Å². The Labute approximate surface area is 159 Å². The molecule has 0 unspecified atom stereocenters. The standard InChI is InChI=1S/C19H23N3O4S/c1-15-8-9-18(26-2)17(14-15)20-19(23)21-10-12-22(13-11-21)27(24,25)16-6-4-3-5-7-16/h3-9,14H,10-13H2,1-2H3,(H,20,23). The first-order valence-corrected chi connectivity index (χ1v) is 10.1. The number of rotatable bonds is 4. The summed E-state index contributed by atoms with van der Waals surface area (Å²) in [5.74, 6) is 0.583. The van der Waals surface area contributed by atoms with E-state index in [1.54, 1.807) is 48.4 Å². The van der Waals surface area contributed by atoms with Crippen LogP contribution >= 0.6 is 0 Å². The molecule has 0 saturated carbocycles. The number of carbonyl (C=O) groups excluding carboxylic acids is 1. The van der Waals surface area contributed by atoms with Gasteiger partial charge < -0.3 is 15.0 Å². The lowest BCUT2D eigenvalue weighted by Gasteiger charge is -2.34. The second-order valence-electron chi connectivity index (χ2n) is 6.34. The lowest BCUT2D eigenvalue weighted by atomic mass is 10.2. The van der Waals surface area contributed by atoms with Crippen molar-refractivity contribution in [3.05, 3.63) is 54.1 Å². The van der Waals surface area contributed by atoms with Crippen LogP contribution in [0.25, 0.3) is 0 Å². The molecule has 1 saturated heterocycles. The fourth-order valence-electron chi connectivity index (χ4n) is 2.99. The number of benzene rings is 2. The highest BCUT2D eigenvalue weighted by Crippen LogP contribution is 2.26. The first-order chi connectivity index (χ1) is 12.9. The number of ether oxygens (including phenoxy) is 1. The van der Waals surface area contributed by atoms with Gasteiger partial charge in [-0.05, 0) is 36.8 Å². The number of aryl methyl sites for hydroxylation is 1. The fraction of sp³-hybridized carbons (Fsp3) is 0.316. The zero-order valence-electron chi connectivity index (χ0n) is 15.4. The number of hydrogen-bond acceptors (Lipinski definition) is 4. The minimum atomic E-state index is -3.53. The molecule has 27 heavy (non-hydrogen) atoms. The highest BCUT2D eigenvalue weighted by Gasteiger charge is 2.30. The van der Waals surface area contributed by atoms with Crippen molar-refractivity contribution in [2.75, 3.05) is 38.6 Å². The predicted molar refractivity (Wildman–Crippen MR) is 104 cm³/mol. The maximum Gasteiger partial charge on any atom is 0.322 e. The van der Waals surface area contributed by atoms with Crippen molar-refractivity contribution in [3.63, 3.8) is 0 Å². The van der Waals surface area contributed by atoms with Gasteiger partial charge in [-0.1, -0.05) is 24.3 Å². The molecule has 0 bridgehead atoms. The predicted octanol–water partition coefficient (Wildman–Crippen LogP) is 2.54. The minimum absolute atomic E-state index is 0.260. The highest BCUT2D eigenvalue weighted by molar-refractivity contribution is 7.89.